The minimum Gasteiger partial charge on any atom is -0.0837 e. The van der Waals surface area contributed by atoms with Crippen LogP contribution in [0.1, 0.15) is 5.56 Å². The van der Waals surface area contributed by atoms with Crippen LogP contribution in [0.2, 0.25) is 5.02 Å². The van der Waals surface area contributed by atoms with Gasteiger partial charge in [0.05, 0.1) is 0 Å². The Kier molecular flexibility index (Phi) is 3.13. The Bertz CT molecular complexity index is 454. The Morgan fingerprint density at radius 1 is 1.00 bits per heavy atom. The topological polar surface area (TPSA) is 0 Å². The van der Waals surface area contributed by atoms with Gasteiger partial charge in [0.25, 0.3) is 0 Å². The summed E-state index contributed by atoms with van der Waals surface area (Å²) in [7, 11) is 0. The molecule has 0 saturated heterocycles. The van der Waals surface area contributed by atoms with Crippen LogP contribution in [-0.2, 0) is 0 Å². The van der Waals surface area contributed by atoms with Gasteiger partial charge >= 0.3 is 0 Å². The molecule has 0 aliphatic carbocycles. The van der Waals surface area contributed by atoms with Crippen LogP contribution in [0.4, 0.5) is 0 Å². The van der Waals surface area contributed by atoms with Crippen molar-refractivity contribution in [1.29, 1.82) is 0 Å². The minimum atomic E-state index is 0.803. The zero-order valence-corrected chi connectivity index (χ0v) is 10.6. The van der Waals surface area contributed by atoms with Crippen molar-refractivity contribution in [1.82, 2.24) is 0 Å². The molecule has 2 rings (SSSR count). The maximum atomic E-state index is 6.19. The quantitative estimate of drug-likeness (QED) is 0.684. The highest BCUT2D eigenvalue weighted by atomic mass is 79.9. The zero-order valence-electron chi connectivity index (χ0n) is 8.30. The molecular weight excluding hydrogens is 272 g/mol. The van der Waals surface area contributed by atoms with Crippen LogP contribution in [0.5, 0.6) is 0 Å². The number of hydrogen-bond donors (Lipinski definition) is 0. The smallest absolute Gasteiger partial charge is 0.0487 e. The third kappa shape index (κ3) is 2.24. The molecule has 0 atom stereocenters. The van der Waals surface area contributed by atoms with Crippen molar-refractivity contribution < 1.29 is 0 Å². The van der Waals surface area contributed by atoms with E-state index in [4.69, 9.17) is 11.6 Å². The summed E-state index contributed by atoms with van der Waals surface area (Å²) in [4.78, 5) is 0. The summed E-state index contributed by atoms with van der Waals surface area (Å²) in [6, 6.07) is 14.2. The van der Waals surface area contributed by atoms with Gasteiger partial charge in [-0.05, 0) is 36.2 Å². The van der Waals surface area contributed by atoms with Gasteiger partial charge in [-0.15, -0.1) is 0 Å². The molecule has 2 aromatic carbocycles. The van der Waals surface area contributed by atoms with Gasteiger partial charge < -0.3 is 0 Å². The normalized spacial score (nSPS) is 10.3. The fourth-order valence-corrected chi connectivity index (χ4v) is 2.21. The third-order valence-electron chi connectivity index (χ3n) is 2.35. The molecule has 0 aliphatic rings. The summed E-state index contributed by atoms with van der Waals surface area (Å²) in [5, 5.41) is 0.803. The first-order chi connectivity index (χ1) is 7.18. The average Bonchev–Trinajstić information content (AvgIpc) is 2.20. The molecule has 0 aromatic heterocycles. The molecule has 0 radical (unpaired) electrons. The van der Waals surface area contributed by atoms with E-state index >= 15 is 0 Å². The summed E-state index contributed by atoms with van der Waals surface area (Å²) in [6.45, 7) is 2.07. The first-order valence-electron chi connectivity index (χ1n) is 4.69. The standard InChI is InChI=1S/C13H10BrCl/c1-9-3-2-4-12(15)13(9)10-5-7-11(14)8-6-10/h2-8H,1H3. The molecular formula is C13H10BrCl. The summed E-state index contributed by atoms with van der Waals surface area (Å²) in [6.07, 6.45) is 0. The fourth-order valence-electron chi connectivity index (χ4n) is 1.61. The van der Waals surface area contributed by atoms with E-state index in [9.17, 15) is 0 Å². The average molecular weight is 282 g/mol. The Hall–Kier alpha value is -0.790. The summed E-state index contributed by atoms with van der Waals surface area (Å²) < 4.78 is 1.08. The molecule has 0 amide bonds. The first kappa shape index (κ1) is 10.7. The van der Waals surface area contributed by atoms with Gasteiger partial charge in [0, 0.05) is 15.1 Å². The van der Waals surface area contributed by atoms with E-state index in [2.05, 4.69) is 41.1 Å². The molecule has 0 unspecified atom stereocenters. The van der Waals surface area contributed by atoms with E-state index in [1.807, 2.05) is 24.3 Å². The van der Waals surface area contributed by atoms with E-state index in [1.165, 1.54) is 5.56 Å². The van der Waals surface area contributed by atoms with Crippen LogP contribution < -0.4 is 0 Å². The number of benzene rings is 2. The molecule has 15 heavy (non-hydrogen) atoms. The predicted octanol–water partition coefficient (Wildman–Crippen LogP) is 5.08. The Morgan fingerprint density at radius 3 is 2.27 bits per heavy atom. The predicted molar refractivity (Wildman–Crippen MR) is 69.3 cm³/mol. The summed E-state index contributed by atoms with van der Waals surface area (Å²) in [5.41, 5.74) is 3.47. The monoisotopic (exact) mass is 280 g/mol. The van der Waals surface area contributed by atoms with Gasteiger partial charge in [0.2, 0.25) is 0 Å². The maximum absolute atomic E-state index is 6.19. The van der Waals surface area contributed by atoms with Crippen LogP contribution in [0.3, 0.4) is 0 Å². The van der Waals surface area contributed by atoms with Crippen LogP contribution in [-0.4, -0.2) is 0 Å². The third-order valence-corrected chi connectivity index (χ3v) is 3.20. The second-order valence-electron chi connectivity index (χ2n) is 3.44. The second-order valence-corrected chi connectivity index (χ2v) is 4.76. The molecule has 0 nitrogen and oxygen atoms in total. The largest absolute Gasteiger partial charge is 0.0837 e. The molecule has 2 heteroatoms. The number of halogens is 2. The van der Waals surface area contributed by atoms with Crippen LogP contribution in [0.15, 0.2) is 46.9 Å². The number of aryl methyl sites for hydroxylation is 1. The maximum Gasteiger partial charge on any atom is 0.0487 e. The molecule has 0 heterocycles. The van der Waals surface area contributed by atoms with E-state index in [0.717, 1.165) is 20.6 Å². The second kappa shape index (κ2) is 4.38. The highest BCUT2D eigenvalue weighted by Crippen LogP contribution is 2.31. The van der Waals surface area contributed by atoms with Gasteiger partial charge in [-0.25, -0.2) is 0 Å². The van der Waals surface area contributed by atoms with E-state index in [1.54, 1.807) is 0 Å². The molecule has 0 bridgehead atoms. The lowest BCUT2D eigenvalue weighted by molar-refractivity contribution is 1.45. The van der Waals surface area contributed by atoms with Gasteiger partial charge in [0.15, 0.2) is 0 Å². The Labute approximate surface area is 103 Å². The number of rotatable bonds is 1. The van der Waals surface area contributed by atoms with Gasteiger partial charge in [-0.3, -0.25) is 0 Å². The van der Waals surface area contributed by atoms with Crippen LogP contribution >= 0.6 is 27.5 Å². The van der Waals surface area contributed by atoms with Crippen molar-refractivity contribution in [3.05, 3.63) is 57.5 Å². The Balaban J connectivity index is 2.58. The van der Waals surface area contributed by atoms with Crippen molar-refractivity contribution in [3.63, 3.8) is 0 Å². The van der Waals surface area contributed by atoms with Crippen LogP contribution in [0.25, 0.3) is 11.1 Å². The van der Waals surface area contributed by atoms with Gasteiger partial charge in [-0.2, -0.15) is 0 Å². The fraction of sp³-hybridized carbons (Fsp3) is 0.0769. The lowest BCUT2D eigenvalue weighted by Gasteiger charge is -2.08. The molecule has 0 saturated carbocycles. The summed E-state index contributed by atoms with van der Waals surface area (Å²) in [5.74, 6) is 0. The van der Waals surface area contributed by atoms with Crippen molar-refractivity contribution in [3.8, 4) is 11.1 Å². The molecule has 0 aliphatic heterocycles. The highest BCUT2D eigenvalue weighted by molar-refractivity contribution is 9.10. The van der Waals surface area contributed by atoms with E-state index in [0.29, 0.717) is 0 Å². The summed E-state index contributed by atoms with van der Waals surface area (Å²) >= 11 is 9.61. The lowest BCUT2D eigenvalue weighted by atomic mass is 10.0. The SMILES string of the molecule is Cc1cccc(Cl)c1-c1ccc(Br)cc1. The van der Waals surface area contributed by atoms with Crippen molar-refractivity contribution >= 4 is 27.5 Å². The highest BCUT2D eigenvalue weighted by Gasteiger charge is 2.05. The van der Waals surface area contributed by atoms with E-state index in [-0.39, 0.29) is 0 Å². The molecule has 0 N–H and O–H groups in total. The lowest BCUT2D eigenvalue weighted by Crippen LogP contribution is -1.84. The van der Waals surface area contributed by atoms with Crippen molar-refractivity contribution in [2.45, 2.75) is 6.92 Å². The van der Waals surface area contributed by atoms with Crippen molar-refractivity contribution in [2.24, 2.45) is 0 Å². The first-order valence-corrected chi connectivity index (χ1v) is 5.86. The van der Waals surface area contributed by atoms with E-state index < -0.39 is 0 Å². The van der Waals surface area contributed by atoms with Gasteiger partial charge in [-0.1, -0.05) is 51.8 Å². The van der Waals surface area contributed by atoms with Gasteiger partial charge in [0.1, 0.15) is 0 Å². The molecule has 0 fully saturated rings. The molecule has 0 spiro atoms. The van der Waals surface area contributed by atoms with Crippen molar-refractivity contribution in [2.75, 3.05) is 0 Å². The zero-order chi connectivity index (χ0) is 10.8. The molecule has 76 valence electrons. The Morgan fingerprint density at radius 2 is 1.67 bits per heavy atom. The van der Waals surface area contributed by atoms with Crippen LogP contribution in [0, 0.1) is 6.92 Å². The molecule has 2 aromatic rings. The minimum absolute atomic E-state index is 0.803. The number of hydrogen-bond acceptors (Lipinski definition) is 0.